The van der Waals surface area contributed by atoms with Crippen LogP contribution in [0.25, 0.3) is 0 Å². The molecule has 0 radical (unpaired) electrons. The molecule has 0 bridgehead atoms. The minimum Gasteiger partial charge on any atom is -0.370 e. The van der Waals surface area contributed by atoms with Crippen LogP contribution in [0.1, 0.15) is 33.6 Å². The lowest BCUT2D eigenvalue weighted by atomic mass is 10.0. The second-order valence-electron chi connectivity index (χ2n) is 5.76. The van der Waals surface area contributed by atoms with Crippen LogP contribution in [0, 0.1) is 5.92 Å². The highest BCUT2D eigenvalue weighted by molar-refractivity contribution is 4.93. The summed E-state index contributed by atoms with van der Waals surface area (Å²) in [5.41, 5.74) is 5.88. The van der Waals surface area contributed by atoms with Crippen LogP contribution in [-0.2, 0) is 4.74 Å². The molecular formula is C12H24N2O. The third-order valence-electron chi connectivity index (χ3n) is 3.47. The zero-order valence-corrected chi connectivity index (χ0v) is 10.2. The summed E-state index contributed by atoms with van der Waals surface area (Å²) in [6.45, 7) is 9.38. The first-order valence-corrected chi connectivity index (χ1v) is 6.14. The Morgan fingerprint density at radius 3 is 2.60 bits per heavy atom. The van der Waals surface area contributed by atoms with Gasteiger partial charge < -0.3 is 10.5 Å². The molecule has 2 N–H and O–H groups in total. The van der Waals surface area contributed by atoms with Crippen molar-refractivity contribution in [2.75, 3.05) is 19.6 Å². The van der Waals surface area contributed by atoms with Crippen molar-refractivity contribution in [3.05, 3.63) is 0 Å². The molecule has 2 unspecified atom stereocenters. The first-order chi connectivity index (χ1) is 7.02. The average Bonchev–Trinajstić information content (AvgIpc) is 2.85. The Morgan fingerprint density at radius 2 is 2.13 bits per heavy atom. The molecule has 2 rings (SSSR count). The van der Waals surface area contributed by atoms with Gasteiger partial charge >= 0.3 is 0 Å². The van der Waals surface area contributed by atoms with Crippen LogP contribution in [-0.4, -0.2) is 42.3 Å². The van der Waals surface area contributed by atoms with Crippen LogP contribution in [0.2, 0.25) is 0 Å². The SMILES string of the molecule is CC1CN(C(CN)C2CC2)CC(C)(C)O1. The molecule has 2 fully saturated rings. The molecule has 15 heavy (non-hydrogen) atoms. The van der Waals surface area contributed by atoms with Gasteiger partial charge in [-0.05, 0) is 39.5 Å². The molecule has 1 aliphatic heterocycles. The lowest BCUT2D eigenvalue weighted by molar-refractivity contribution is -0.138. The van der Waals surface area contributed by atoms with E-state index in [9.17, 15) is 0 Å². The highest BCUT2D eigenvalue weighted by Crippen LogP contribution is 2.36. The van der Waals surface area contributed by atoms with E-state index in [1.54, 1.807) is 0 Å². The van der Waals surface area contributed by atoms with Gasteiger partial charge in [-0.15, -0.1) is 0 Å². The largest absolute Gasteiger partial charge is 0.370 e. The lowest BCUT2D eigenvalue weighted by Gasteiger charge is -2.45. The van der Waals surface area contributed by atoms with Gasteiger partial charge in [0.25, 0.3) is 0 Å². The van der Waals surface area contributed by atoms with Gasteiger partial charge in [0.2, 0.25) is 0 Å². The molecule has 0 amide bonds. The maximum atomic E-state index is 5.92. The number of morpholine rings is 1. The summed E-state index contributed by atoms with van der Waals surface area (Å²) in [5.74, 6) is 0.857. The monoisotopic (exact) mass is 212 g/mol. The van der Waals surface area contributed by atoms with Crippen molar-refractivity contribution in [1.82, 2.24) is 4.90 Å². The van der Waals surface area contributed by atoms with E-state index in [1.807, 2.05) is 0 Å². The molecule has 1 saturated carbocycles. The first kappa shape index (κ1) is 11.4. The fourth-order valence-electron chi connectivity index (χ4n) is 2.88. The summed E-state index contributed by atoms with van der Waals surface area (Å²) in [5, 5.41) is 0. The number of hydrogen-bond acceptors (Lipinski definition) is 3. The van der Waals surface area contributed by atoms with Gasteiger partial charge in [0.15, 0.2) is 0 Å². The van der Waals surface area contributed by atoms with E-state index in [0.717, 1.165) is 25.6 Å². The molecule has 1 saturated heterocycles. The van der Waals surface area contributed by atoms with Crippen molar-refractivity contribution in [1.29, 1.82) is 0 Å². The average molecular weight is 212 g/mol. The Labute approximate surface area is 93.0 Å². The highest BCUT2D eigenvalue weighted by atomic mass is 16.5. The van der Waals surface area contributed by atoms with Crippen LogP contribution in [0.5, 0.6) is 0 Å². The minimum atomic E-state index is -0.0139. The van der Waals surface area contributed by atoms with Crippen LogP contribution in [0.3, 0.4) is 0 Å². The highest BCUT2D eigenvalue weighted by Gasteiger charge is 2.40. The summed E-state index contributed by atoms with van der Waals surface area (Å²) in [4.78, 5) is 2.55. The second kappa shape index (κ2) is 4.04. The van der Waals surface area contributed by atoms with Gasteiger partial charge in [0, 0.05) is 25.7 Å². The Bertz CT molecular complexity index is 226. The van der Waals surface area contributed by atoms with E-state index < -0.39 is 0 Å². The number of nitrogens with two attached hydrogens (primary N) is 1. The van der Waals surface area contributed by atoms with Crippen molar-refractivity contribution in [2.45, 2.75) is 51.4 Å². The zero-order valence-electron chi connectivity index (χ0n) is 10.2. The summed E-state index contributed by atoms with van der Waals surface area (Å²) >= 11 is 0. The quantitative estimate of drug-likeness (QED) is 0.764. The molecule has 1 heterocycles. The molecule has 0 aromatic heterocycles. The van der Waals surface area contributed by atoms with Crippen LogP contribution < -0.4 is 5.73 Å². The summed E-state index contributed by atoms with van der Waals surface area (Å²) in [7, 11) is 0. The van der Waals surface area contributed by atoms with Gasteiger partial charge in [-0.2, -0.15) is 0 Å². The smallest absolute Gasteiger partial charge is 0.0757 e. The molecule has 3 heteroatoms. The number of rotatable bonds is 3. The van der Waals surface area contributed by atoms with Crippen LogP contribution in [0.15, 0.2) is 0 Å². The van der Waals surface area contributed by atoms with Crippen molar-refractivity contribution in [3.63, 3.8) is 0 Å². The maximum absolute atomic E-state index is 5.92. The van der Waals surface area contributed by atoms with Crippen molar-refractivity contribution < 1.29 is 4.74 Å². The third-order valence-corrected chi connectivity index (χ3v) is 3.47. The van der Waals surface area contributed by atoms with Gasteiger partial charge in [-0.1, -0.05) is 0 Å². The molecule has 88 valence electrons. The first-order valence-electron chi connectivity index (χ1n) is 6.14. The fourth-order valence-corrected chi connectivity index (χ4v) is 2.88. The topological polar surface area (TPSA) is 38.5 Å². The van der Waals surface area contributed by atoms with Crippen molar-refractivity contribution in [3.8, 4) is 0 Å². The van der Waals surface area contributed by atoms with Gasteiger partial charge in [-0.3, -0.25) is 4.90 Å². The Balaban J connectivity index is 2.00. The predicted molar refractivity (Wildman–Crippen MR) is 61.8 cm³/mol. The maximum Gasteiger partial charge on any atom is 0.0757 e. The van der Waals surface area contributed by atoms with E-state index in [0.29, 0.717) is 12.1 Å². The van der Waals surface area contributed by atoms with E-state index >= 15 is 0 Å². The number of ether oxygens (including phenoxy) is 1. The van der Waals surface area contributed by atoms with Gasteiger partial charge in [0.1, 0.15) is 0 Å². The summed E-state index contributed by atoms with van der Waals surface area (Å²) in [6, 6.07) is 0.593. The Kier molecular flexibility index (Phi) is 3.06. The zero-order chi connectivity index (χ0) is 11.1. The van der Waals surface area contributed by atoms with Gasteiger partial charge in [-0.25, -0.2) is 0 Å². The van der Waals surface area contributed by atoms with Crippen LogP contribution >= 0.6 is 0 Å². The number of hydrogen-bond donors (Lipinski definition) is 1. The molecule has 2 atom stereocenters. The van der Waals surface area contributed by atoms with E-state index in [-0.39, 0.29) is 5.60 Å². The molecule has 1 aliphatic carbocycles. The molecule has 0 aromatic carbocycles. The Hall–Kier alpha value is -0.120. The van der Waals surface area contributed by atoms with Gasteiger partial charge in [0.05, 0.1) is 11.7 Å². The standard InChI is InChI=1S/C12H24N2O/c1-9-7-14(8-12(2,3)15-9)11(6-13)10-4-5-10/h9-11H,4-8,13H2,1-3H3. The normalized spacial score (nSPS) is 34.0. The summed E-state index contributed by atoms with van der Waals surface area (Å²) < 4.78 is 5.92. The molecule has 0 spiro atoms. The van der Waals surface area contributed by atoms with Crippen molar-refractivity contribution >= 4 is 0 Å². The molecule has 0 aromatic rings. The van der Waals surface area contributed by atoms with E-state index in [1.165, 1.54) is 12.8 Å². The minimum absolute atomic E-state index is 0.0139. The predicted octanol–water partition coefficient (Wildman–Crippen LogP) is 1.22. The van der Waals surface area contributed by atoms with E-state index in [4.69, 9.17) is 10.5 Å². The van der Waals surface area contributed by atoms with E-state index in [2.05, 4.69) is 25.7 Å². The molecule has 2 aliphatic rings. The van der Waals surface area contributed by atoms with Crippen LogP contribution in [0.4, 0.5) is 0 Å². The third kappa shape index (κ3) is 2.71. The second-order valence-corrected chi connectivity index (χ2v) is 5.76. The molecular weight excluding hydrogens is 188 g/mol. The van der Waals surface area contributed by atoms with Crippen molar-refractivity contribution in [2.24, 2.45) is 11.7 Å². The number of nitrogens with zero attached hydrogens (tertiary/aromatic N) is 1. The Morgan fingerprint density at radius 1 is 1.47 bits per heavy atom. The lowest BCUT2D eigenvalue weighted by Crippen LogP contribution is -2.57. The summed E-state index contributed by atoms with van der Waals surface area (Å²) in [6.07, 6.45) is 3.07. The molecule has 3 nitrogen and oxygen atoms in total. The fraction of sp³-hybridized carbons (Fsp3) is 1.00.